The largest absolute Gasteiger partial charge is 0.491 e. The highest BCUT2D eigenvalue weighted by molar-refractivity contribution is 5.31. The van der Waals surface area contributed by atoms with Crippen molar-refractivity contribution < 1.29 is 18.3 Å². The van der Waals surface area contributed by atoms with Gasteiger partial charge in [-0.15, -0.1) is 0 Å². The molecule has 1 N–H and O–H groups in total. The summed E-state index contributed by atoms with van der Waals surface area (Å²) in [7, 11) is 1.65. The Bertz CT molecular complexity index is 947. The van der Waals surface area contributed by atoms with Gasteiger partial charge >= 0.3 is 0 Å². The fourth-order valence-electron chi connectivity index (χ4n) is 4.21. The lowest BCUT2D eigenvalue weighted by molar-refractivity contribution is 0.146. The van der Waals surface area contributed by atoms with Gasteiger partial charge in [-0.25, -0.2) is 8.78 Å². The zero-order valence-electron chi connectivity index (χ0n) is 17.5. The molecule has 0 amide bonds. The molecular weight excluding hydrogens is 400 g/mol. The van der Waals surface area contributed by atoms with Crippen LogP contribution in [0.25, 0.3) is 0 Å². The first kappa shape index (κ1) is 21.5. The second kappa shape index (κ2) is 10.0. The summed E-state index contributed by atoms with van der Waals surface area (Å²) < 4.78 is 36.8. The lowest BCUT2D eigenvalue weighted by atomic mass is 9.87. The second-order valence-corrected chi connectivity index (χ2v) is 7.85. The van der Waals surface area contributed by atoms with E-state index in [1.54, 1.807) is 7.11 Å². The van der Waals surface area contributed by atoms with Crippen LogP contribution in [0.5, 0.6) is 5.75 Å². The molecule has 0 aliphatic carbocycles. The van der Waals surface area contributed by atoms with E-state index in [2.05, 4.69) is 39.4 Å². The number of H-pyrrole nitrogens is 1. The molecule has 5 nitrogen and oxygen atoms in total. The lowest BCUT2D eigenvalue weighted by Crippen LogP contribution is -2.20. The molecule has 3 aromatic rings. The number of hydrogen-bond acceptors (Lipinski definition) is 4. The van der Waals surface area contributed by atoms with Crippen molar-refractivity contribution in [3.8, 4) is 5.75 Å². The smallest absolute Gasteiger partial charge is 0.282 e. The molecule has 1 saturated heterocycles. The average Bonchev–Trinajstić information content (AvgIpc) is 3.43. The molecule has 0 bridgehead atoms. The Balaban J connectivity index is 1.48. The van der Waals surface area contributed by atoms with Gasteiger partial charge in [-0.3, -0.25) is 10.00 Å². The number of benzene rings is 2. The highest BCUT2D eigenvalue weighted by Crippen LogP contribution is 2.40. The van der Waals surface area contributed by atoms with Crippen LogP contribution in [0, 0.1) is 0 Å². The van der Waals surface area contributed by atoms with Gasteiger partial charge in [0.05, 0.1) is 6.61 Å². The van der Waals surface area contributed by atoms with Crippen LogP contribution in [-0.2, 0) is 11.3 Å². The third-order valence-corrected chi connectivity index (χ3v) is 5.75. The fraction of sp³-hybridized carbons (Fsp3) is 0.375. The lowest BCUT2D eigenvalue weighted by Gasteiger charge is -2.17. The van der Waals surface area contributed by atoms with E-state index < -0.39 is 6.43 Å². The summed E-state index contributed by atoms with van der Waals surface area (Å²) in [6, 6.07) is 19.8. The first-order chi connectivity index (χ1) is 15.1. The van der Waals surface area contributed by atoms with Crippen LogP contribution in [0.4, 0.5) is 8.78 Å². The molecule has 2 heterocycles. The molecule has 0 saturated carbocycles. The standard InChI is InChI=1S/C24H27F2N3O2/c1-30-11-12-31-19-9-7-17(8-10-19)14-29-15-20(18-5-3-2-4-6-18)21(16-29)22-13-23(24(25)26)28-27-22/h2-10,13,20-21,24H,11-12,14-16H2,1H3,(H,27,28)/t20-,21+/m0/s1. The number of methoxy groups -OCH3 is 1. The van der Waals surface area contributed by atoms with Crippen molar-refractivity contribution >= 4 is 0 Å². The van der Waals surface area contributed by atoms with E-state index in [-0.39, 0.29) is 17.5 Å². The van der Waals surface area contributed by atoms with Gasteiger partial charge in [0, 0.05) is 44.3 Å². The van der Waals surface area contributed by atoms with Crippen molar-refractivity contribution in [3.63, 3.8) is 0 Å². The topological polar surface area (TPSA) is 50.4 Å². The van der Waals surface area contributed by atoms with Crippen LogP contribution >= 0.6 is 0 Å². The Morgan fingerprint density at radius 2 is 1.77 bits per heavy atom. The van der Waals surface area contributed by atoms with Crippen LogP contribution in [0.1, 0.15) is 40.8 Å². The molecule has 1 aliphatic rings. The molecule has 1 aromatic heterocycles. The Morgan fingerprint density at radius 3 is 2.45 bits per heavy atom. The summed E-state index contributed by atoms with van der Waals surface area (Å²) in [5.74, 6) is 1.11. The van der Waals surface area contributed by atoms with E-state index in [1.165, 1.54) is 17.2 Å². The SMILES string of the molecule is COCCOc1ccc(CN2C[C@@H](c3ccccc3)[C@H](c3cc(C(F)F)n[nH]3)C2)cc1. The summed E-state index contributed by atoms with van der Waals surface area (Å²) in [5.41, 5.74) is 2.98. The molecular formula is C24H27F2N3O2. The number of aromatic amines is 1. The van der Waals surface area contributed by atoms with E-state index in [0.717, 1.165) is 31.1 Å². The van der Waals surface area contributed by atoms with Crippen LogP contribution in [0.3, 0.4) is 0 Å². The first-order valence-corrected chi connectivity index (χ1v) is 10.5. The number of nitrogens with one attached hydrogen (secondary N) is 1. The van der Waals surface area contributed by atoms with Crippen LogP contribution < -0.4 is 4.74 Å². The molecule has 164 valence electrons. The van der Waals surface area contributed by atoms with Crippen molar-refractivity contribution in [1.82, 2.24) is 15.1 Å². The number of ether oxygens (including phenoxy) is 2. The van der Waals surface area contributed by atoms with Crippen molar-refractivity contribution in [1.29, 1.82) is 0 Å². The molecule has 0 spiro atoms. The average molecular weight is 427 g/mol. The summed E-state index contributed by atoms with van der Waals surface area (Å²) in [6.07, 6.45) is -2.57. The minimum atomic E-state index is -2.57. The zero-order valence-corrected chi connectivity index (χ0v) is 17.5. The van der Waals surface area contributed by atoms with Gasteiger partial charge in [0.2, 0.25) is 0 Å². The molecule has 2 aromatic carbocycles. The monoisotopic (exact) mass is 427 g/mol. The molecule has 31 heavy (non-hydrogen) atoms. The van der Waals surface area contributed by atoms with E-state index in [1.807, 2.05) is 30.3 Å². The van der Waals surface area contributed by atoms with Gasteiger partial charge in [-0.2, -0.15) is 5.10 Å². The molecule has 4 rings (SSSR count). The fourth-order valence-corrected chi connectivity index (χ4v) is 4.21. The highest BCUT2D eigenvalue weighted by atomic mass is 19.3. The highest BCUT2D eigenvalue weighted by Gasteiger charge is 2.36. The van der Waals surface area contributed by atoms with Crippen molar-refractivity contribution in [3.05, 3.63) is 83.2 Å². The van der Waals surface area contributed by atoms with Crippen LogP contribution in [0.2, 0.25) is 0 Å². The van der Waals surface area contributed by atoms with Crippen molar-refractivity contribution in [2.75, 3.05) is 33.4 Å². The van der Waals surface area contributed by atoms with Gasteiger partial charge in [-0.1, -0.05) is 42.5 Å². The molecule has 7 heteroatoms. The second-order valence-electron chi connectivity index (χ2n) is 7.85. The summed E-state index contributed by atoms with van der Waals surface area (Å²) in [6.45, 7) is 3.49. The predicted molar refractivity (Wildman–Crippen MR) is 115 cm³/mol. The van der Waals surface area contributed by atoms with E-state index in [0.29, 0.717) is 13.2 Å². The van der Waals surface area contributed by atoms with E-state index in [9.17, 15) is 8.78 Å². The normalized spacial score (nSPS) is 19.2. The predicted octanol–water partition coefficient (Wildman–Crippen LogP) is 4.76. The molecule has 1 aliphatic heterocycles. The number of alkyl halides is 2. The quantitative estimate of drug-likeness (QED) is 0.501. The Kier molecular flexibility index (Phi) is 6.94. The number of aromatic nitrogens is 2. The van der Waals surface area contributed by atoms with Gasteiger partial charge in [0.25, 0.3) is 6.43 Å². The number of likely N-dealkylation sites (tertiary alicyclic amines) is 1. The Labute approximate surface area is 181 Å². The number of hydrogen-bond donors (Lipinski definition) is 1. The third kappa shape index (κ3) is 5.29. The molecule has 2 atom stereocenters. The number of rotatable bonds is 9. The number of nitrogens with zero attached hydrogens (tertiary/aromatic N) is 2. The molecule has 0 unspecified atom stereocenters. The summed E-state index contributed by atoms with van der Waals surface area (Å²) in [5, 5.41) is 6.68. The van der Waals surface area contributed by atoms with Crippen molar-refractivity contribution in [2.45, 2.75) is 24.8 Å². The third-order valence-electron chi connectivity index (χ3n) is 5.75. The summed E-state index contributed by atoms with van der Waals surface area (Å²) in [4.78, 5) is 2.37. The van der Waals surface area contributed by atoms with Crippen LogP contribution in [-0.4, -0.2) is 48.5 Å². The maximum atomic E-state index is 13.1. The van der Waals surface area contributed by atoms with Crippen LogP contribution in [0.15, 0.2) is 60.7 Å². The van der Waals surface area contributed by atoms with Gasteiger partial charge in [-0.05, 0) is 29.3 Å². The number of halogens is 2. The van der Waals surface area contributed by atoms with E-state index >= 15 is 0 Å². The minimum Gasteiger partial charge on any atom is -0.491 e. The Hall–Kier alpha value is -2.77. The van der Waals surface area contributed by atoms with Crippen molar-refractivity contribution in [2.24, 2.45) is 0 Å². The van der Waals surface area contributed by atoms with Gasteiger partial charge in [0.1, 0.15) is 18.1 Å². The van der Waals surface area contributed by atoms with Gasteiger partial charge in [0.15, 0.2) is 0 Å². The van der Waals surface area contributed by atoms with E-state index in [4.69, 9.17) is 9.47 Å². The zero-order chi connectivity index (χ0) is 21.6. The summed E-state index contributed by atoms with van der Waals surface area (Å²) >= 11 is 0. The molecule has 0 radical (unpaired) electrons. The maximum Gasteiger partial charge on any atom is 0.282 e. The Morgan fingerprint density at radius 1 is 1.03 bits per heavy atom. The minimum absolute atomic E-state index is 0.0825. The van der Waals surface area contributed by atoms with Gasteiger partial charge < -0.3 is 9.47 Å². The maximum absolute atomic E-state index is 13.1. The molecule has 1 fully saturated rings. The first-order valence-electron chi connectivity index (χ1n) is 10.5.